The van der Waals surface area contributed by atoms with Crippen molar-refractivity contribution in [1.82, 2.24) is 0 Å². The molecule has 9 heteroatoms. The highest BCUT2D eigenvalue weighted by Crippen LogP contribution is 2.30. The lowest BCUT2D eigenvalue weighted by atomic mass is 10.0. The van der Waals surface area contributed by atoms with Gasteiger partial charge in [0.25, 0.3) is 20.0 Å². The van der Waals surface area contributed by atoms with E-state index in [2.05, 4.69) is 9.44 Å². The lowest BCUT2D eigenvalue weighted by molar-refractivity contribution is 0.402. The van der Waals surface area contributed by atoms with E-state index >= 15 is 0 Å². The molecule has 3 rings (SSSR count). The summed E-state index contributed by atoms with van der Waals surface area (Å²) in [6.07, 6.45) is 0. The summed E-state index contributed by atoms with van der Waals surface area (Å²) >= 11 is 0. The van der Waals surface area contributed by atoms with Gasteiger partial charge in [-0.15, -0.1) is 0 Å². The molecule has 0 amide bonds. The number of nitrogens with one attached hydrogen (secondary N) is 2. The van der Waals surface area contributed by atoms with Gasteiger partial charge in [0, 0.05) is 11.4 Å². The molecule has 7 nitrogen and oxygen atoms in total. The first-order valence-corrected chi connectivity index (χ1v) is 13.8. The Balaban J connectivity index is 1.98. The first-order chi connectivity index (χ1) is 15.9. The van der Waals surface area contributed by atoms with Crippen LogP contribution >= 0.6 is 0 Å². The van der Waals surface area contributed by atoms with E-state index in [9.17, 15) is 16.8 Å². The van der Waals surface area contributed by atoms with E-state index in [1.807, 2.05) is 39.8 Å². The largest absolute Gasteiger partial charge is 0.495 e. The molecule has 0 bridgehead atoms. The third kappa shape index (κ3) is 5.90. The zero-order valence-corrected chi connectivity index (χ0v) is 21.5. The molecule has 0 spiro atoms. The highest BCUT2D eigenvalue weighted by molar-refractivity contribution is 7.93. The van der Waals surface area contributed by atoms with E-state index in [4.69, 9.17) is 4.74 Å². The Bertz CT molecular complexity index is 1380. The predicted molar refractivity (Wildman–Crippen MR) is 136 cm³/mol. The first kappa shape index (κ1) is 25.6. The maximum atomic E-state index is 13.2. The van der Waals surface area contributed by atoms with Gasteiger partial charge in [0.2, 0.25) is 0 Å². The van der Waals surface area contributed by atoms with Gasteiger partial charge >= 0.3 is 0 Å². The quantitative estimate of drug-likeness (QED) is 0.400. The summed E-state index contributed by atoms with van der Waals surface area (Å²) in [5.74, 6) is 0.475. The number of sulfonamides is 2. The fraction of sp³-hybridized carbons (Fsp3) is 0.280. The summed E-state index contributed by atoms with van der Waals surface area (Å²) in [7, 11) is -6.86. The van der Waals surface area contributed by atoms with E-state index < -0.39 is 20.0 Å². The molecule has 0 saturated heterocycles. The Hall–Kier alpha value is -3.04. The summed E-state index contributed by atoms with van der Waals surface area (Å²) in [6, 6.07) is 17.9. The topological polar surface area (TPSA) is 102 Å². The minimum atomic E-state index is -4.14. The summed E-state index contributed by atoms with van der Waals surface area (Å²) in [5, 5.41) is 0. The second-order valence-electron chi connectivity index (χ2n) is 8.58. The molecule has 0 heterocycles. The monoisotopic (exact) mass is 502 g/mol. The van der Waals surface area contributed by atoms with Crippen LogP contribution in [-0.2, 0) is 20.0 Å². The Kier molecular flexibility index (Phi) is 7.57. The fourth-order valence-corrected chi connectivity index (χ4v) is 5.78. The molecule has 3 aromatic rings. The minimum absolute atomic E-state index is 0.0354. The molecular formula is C25H30N2O5S2. The van der Waals surface area contributed by atoms with Gasteiger partial charge in [-0.25, -0.2) is 16.8 Å². The molecular weight excluding hydrogens is 472 g/mol. The van der Waals surface area contributed by atoms with Gasteiger partial charge in [0.1, 0.15) is 10.6 Å². The van der Waals surface area contributed by atoms with Crippen LogP contribution in [0.3, 0.4) is 0 Å². The lowest BCUT2D eigenvalue weighted by Crippen LogP contribution is -2.17. The van der Waals surface area contributed by atoms with Crippen LogP contribution in [0.25, 0.3) is 0 Å². The molecule has 0 aliphatic heterocycles. The van der Waals surface area contributed by atoms with Crippen molar-refractivity contribution in [2.75, 3.05) is 16.6 Å². The third-order valence-electron chi connectivity index (χ3n) is 5.35. The molecule has 182 valence electrons. The summed E-state index contributed by atoms with van der Waals surface area (Å²) < 4.78 is 62.9. The SMILES string of the molecule is COc1ccc(S(=O)(=O)Nc2cccc(C(C)C)c2)cc1S(=O)(=O)Nc1cccc(C(C)C)c1. The molecule has 34 heavy (non-hydrogen) atoms. The van der Waals surface area contributed by atoms with Crippen LogP contribution in [0.4, 0.5) is 11.4 Å². The molecule has 0 aliphatic rings. The van der Waals surface area contributed by atoms with Crippen LogP contribution in [0.15, 0.2) is 76.5 Å². The first-order valence-electron chi connectivity index (χ1n) is 10.9. The van der Waals surface area contributed by atoms with Crippen LogP contribution in [0.1, 0.15) is 50.7 Å². The van der Waals surface area contributed by atoms with Gasteiger partial charge in [-0.2, -0.15) is 0 Å². The van der Waals surface area contributed by atoms with E-state index in [-0.39, 0.29) is 27.4 Å². The van der Waals surface area contributed by atoms with Gasteiger partial charge in [0.15, 0.2) is 0 Å². The molecule has 3 aromatic carbocycles. The van der Waals surface area contributed by atoms with Crippen molar-refractivity contribution in [1.29, 1.82) is 0 Å². The number of methoxy groups -OCH3 is 1. The Morgan fingerprint density at radius 2 is 1.18 bits per heavy atom. The van der Waals surface area contributed by atoms with E-state index in [0.29, 0.717) is 11.4 Å². The molecule has 0 atom stereocenters. The third-order valence-corrected chi connectivity index (χ3v) is 8.13. The number of hydrogen-bond donors (Lipinski definition) is 2. The van der Waals surface area contributed by atoms with Crippen molar-refractivity contribution in [3.05, 3.63) is 77.9 Å². The normalized spacial score (nSPS) is 12.1. The maximum Gasteiger partial charge on any atom is 0.265 e. The van der Waals surface area contributed by atoms with E-state index in [0.717, 1.165) is 17.2 Å². The zero-order chi connectivity index (χ0) is 25.1. The highest BCUT2D eigenvalue weighted by Gasteiger charge is 2.24. The predicted octanol–water partition coefficient (Wildman–Crippen LogP) is 5.54. The van der Waals surface area contributed by atoms with Gasteiger partial charge in [-0.3, -0.25) is 9.44 Å². The Morgan fingerprint density at radius 3 is 1.65 bits per heavy atom. The van der Waals surface area contributed by atoms with E-state index in [1.54, 1.807) is 36.4 Å². The summed E-state index contributed by atoms with van der Waals surface area (Å²) in [6.45, 7) is 8.04. The number of rotatable bonds is 9. The van der Waals surface area contributed by atoms with Crippen LogP contribution in [0.2, 0.25) is 0 Å². The van der Waals surface area contributed by atoms with Crippen molar-refractivity contribution in [2.24, 2.45) is 0 Å². The average Bonchev–Trinajstić information content (AvgIpc) is 2.78. The molecule has 0 saturated carbocycles. The van der Waals surface area contributed by atoms with Crippen molar-refractivity contribution in [2.45, 2.75) is 49.3 Å². The van der Waals surface area contributed by atoms with Crippen molar-refractivity contribution in [3.8, 4) is 5.75 Å². The van der Waals surface area contributed by atoms with Crippen LogP contribution in [0.5, 0.6) is 5.75 Å². The number of benzene rings is 3. The highest BCUT2D eigenvalue weighted by atomic mass is 32.2. The smallest absolute Gasteiger partial charge is 0.265 e. The molecule has 0 unspecified atom stereocenters. The van der Waals surface area contributed by atoms with Gasteiger partial charge < -0.3 is 4.74 Å². The summed E-state index contributed by atoms with van der Waals surface area (Å²) in [4.78, 5) is -0.469. The second kappa shape index (κ2) is 10.1. The van der Waals surface area contributed by atoms with Crippen LogP contribution in [0, 0.1) is 0 Å². The average molecular weight is 503 g/mol. The maximum absolute atomic E-state index is 13.2. The zero-order valence-electron chi connectivity index (χ0n) is 19.9. The molecule has 0 radical (unpaired) electrons. The molecule has 0 aromatic heterocycles. The fourth-order valence-electron chi connectivity index (χ4n) is 3.38. The lowest BCUT2D eigenvalue weighted by Gasteiger charge is -2.15. The van der Waals surface area contributed by atoms with Crippen LogP contribution < -0.4 is 14.2 Å². The van der Waals surface area contributed by atoms with Gasteiger partial charge in [-0.05, 0) is 65.4 Å². The summed E-state index contributed by atoms with van der Waals surface area (Å²) in [5.41, 5.74) is 2.72. The van der Waals surface area contributed by atoms with E-state index in [1.165, 1.54) is 19.2 Å². The molecule has 0 aliphatic carbocycles. The number of ether oxygens (including phenoxy) is 1. The van der Waals surface area contributed by atoms with Crippen LogP contribution in [-0.4, -0.2) is 23.9 Å². The van der Waals surface area contributed by atoms with Gasteiger partial charge in [-0.1, -0.05) is 52.0 Å². The molecule has 0 fully saturated rings. The standard InChI is InChI=1S/C25H30N2O5S2/c1-17(2)19-8-6-10-21(14-19)26-33(28,29)23-12-13-24(32-5)25(16-23)34(30,31)27-22-11-7-9-20(15-22)18(3)4/h6-18,26-27H,1-5H3. The Morgan fingerprint density at radius 1 is 0.676 bits per heavy atom. The number of hydrogen-bond acceptors (Lipinski definition) is 5. The van der Waals surface area contributed by atoms with Crippen molar-refractivity contribution < 1.29 is 21.6 Å². The minimum Gasteiger partial charge on any atom is -0.495 e. The van der Waals surface area contributed by atoms with Crippen molar-refractivity contribution >= 4 is 31.4 Å². The van der Waals surface area contributed by atoms with Gasteiger partial charge in [0.05, 0.1) is 12.0 Å². The number of anilines is 2. The molecule has 2 N–H and O–H groups in total. The second-order valence-corrected chi connectivity index (χ2v) is 11.9. The van der Waals surface area contributed by atoms with Crippen molar-refractivity contribution in [3.63, 3.8) is 0 Å². The Labute approximate surface area is 202 Å².